The van der Waals surface area contributed by atoms with Gasteiger partial charge in [-0.05, 0) is 32.3 Å². The normalized spacial score (nSPS) is 30.8. The first-order valence-corrected chi connectivity index (χ1v) is 6.63. The lowest BCUT2D eigenvalue weighted by Crippen LogP contribution is -2.46. The summed E-state index contributed by atoms with van der Waals surface area (Å²) in [6.45, 7) is 4.78. The van der Waals surface area contributed by atoms with E-state index in [1.54, 1.807) is 0 Å². The second kappa shape index (κ2) is 3.58. The molecule has 2 aliphatic rings. The largest absolute Gasteiger partial charge is 0.334 e. The molecular formula is C15H20N2O. The third-order valence-corrected chi connectivity index (χ3v) is 4.76. The van der Waals surface area contributed by atoms with Crippen LogP contribution >= 0.6 is 0 Å². The van der Waals surface area contributed by atoms with Gasteiger partial charge in [-0.25, -0.2) is 0 Å². The summed E-state index contributed by atoms with van der Waals surface area (Å²) in [7, 11) is 0. The van der Waals surface area contributed by atoms with E-state index in [9.17, 15) is 4.79 Å². The van der Waals surface area contributed by atoms with Crippen molar-refractivity contribution in [1.29, 1.82) is 0 Å². The minimum atomic E-state index is -0.368. The Balaban J connectivity index is 1.89. The van der Waals surface area contributed by atoms with Crippen molar-refractivity contribution in [3.05, 3.63) is 35.9 Å². The first kappa shape index (κ1) is 11.7. The molecule has 2 N–H and O–H groups in total. The maximum Gasteiger partial charge on any atom is 0.231 e. The highest BCUT2D eigenvalue weighted by molar-refractivity contribution is 5.90. The first-order chi connectivity index (χ1) is 8.48. The summed E-state index contributed by atoms with van der Waals surface area (Å²) in [5, 5.41) is 0. The van der Waals surface area contributed by atoms with Crippen LogP contribution in [-0.2, 0) is 4.79 Å². The second-order valence-electron chi connectivity index (χ2n) is 6.02. The number of amides is 1. The summed E-state index contributed by atoms with van der Waals surface area (Å²) in [6, 6.07) is 10.3. The van der Waals surface area contributed by atoms with Gasteiger partial charge in [0.1, 0.15) is 0 Å². The summed E-state index contributed by atoms with van der Waals surface area (Å²) < 4.78 is 0. The molecular weight excluding hydrogens is 224 g/mol. The topological polar surface area (TPSA) is 46.3 Å². The van der Waals surface area contributed by atoms with E-state index in [0.717, 1.165) is 12.8 Å². The van der Waals surface area contributed by atoms with Crippen molar-refractivity contribution in [2.45, 2.75) is 38.3 Å². The molecule has 3 nitrogen and oxygen atoms in total. The van der Waals surface area contributed by atoms with Gasteiger partial charge in [0.15, 0.2) is 0 Å². The minimum Gasteiger partial charge on any atom is -0.334 e. The molecule has 2 fully saturated rings. The fraction of sp³-hybridized carbons (Fsp3) is 0.533. The Morgan fingerprint density at radius 2 is 1.89 bits per heavy atom. The molecule has 18 heavy (non-hydrogen) atoms. The Kier molecular flexibility index (Phi) is 2.33. The molecule has 1 amide bonds. The number of benzene rings is 1. The molecule has 3 heteroatoms. The summed E-state index contributed by atoms with van der Waals surface area (Å²) in [4.78, 5) is 14.5. The fourth-order valence-corrected chi connectivity index (χ4v) is 3.23. The van der Waals surface area contributed by atoms with Gasteiger partial charge in [-0.1, -0.05) is 30.3 Å². The molecule has 0 unspecified atom stereocenters. The molecule has 1 heterocycles. The Morgan fingerprint density at radius 3 is 2.39 bits per heavy atom. The monoisotopic (exact) mass is 244 g/mol. The second-order valence-corrected chi connectivity index (χ2v) is 6.02. The number of nitrogens with zero attached hydrogens (tertiary/aromatic N) is 1. The molecule has 1 aromatic rings. The van der Waals surface area contributed by atoms with Gasteiger partial charge in [0.2, 0.25) is 5.91 Å². The van der Waals surface area contributed by atoms with Crippen molar-refractivity contribution >= 4 is 5.91 Å². The average molecular weight is 244 g/mol. The van der Waals surface area contributed by atoms with E-state index in [1.807, 2.05) is 30.0 Å². The Morgan fingerprint density at radius 1 is 1.28 bits per heavy atom. The van der Waals surface area contributed by atoms with Crippen molar-refractivity contribution in [2.75, 3.05) is 6.54 Å². The van der Waals surface area contributed by atoms with Crippen LogP contribution in [0.5, 0.6) is 0 Å². The molecule has 1 saturated heterocycles. The van der Waals surface area contributed by atoms with Crippen LogP contribution in [0.2, 0.25) is 0 Å². The Bertz CT molecular complexity index is 477. The maximum atomic E-state index is 12.6. The van der Waals surface area contributed by atoms with Crippen molar-refractivity contribution in [3.63, 3.8) is 0 Å². The zero-order valence-corrected chi connectivity index (χ0v) is 11.0. The van der Waals surface area contributed by atoms with Crippen molar-refractivity contribution in [3.8, 4) is 0 Å². The van der Waals surface area contributed by atoms with Crippen LogP contribution in [-0.4, -0.2) is 22.9 Å². The molecule has 96 valence electrons. The van der Waals surface area contributed by atoms with Crippen LogP contribution in [0, 0.1) is 5.41 Å². The van der Waals surface area contributed by atoms with Crippen molar-refractivity contribution in [2.24, 2.45) is 11.1 Å². The van der Waals surface area contributed by atoms with Gasteiger partial charge in [0.05, 0.1) is 11.5 Å². The zero-order chi connectivity index (χ0) is 13.0. The Hall–Kier alpha value is -1.35. The van der Waals surface area contributed by atoms with Gasteiger partial charge in [0.25, 0.3) is 0 Å². The Labute approximate surface area is 108 Å². The van der Waals surface area contributed by atoms with Gasteiger partial charge >= 0.3 is 0 Å². The van der Waals surface area contributed by atoms with Gasteiger partial charge < -0.3 is 10.6 Å². The lowest BCUT2D eigenvalue weighted by Gasteiger charge is -2.26. The molecule has 0 radical (unpaired) electrons. The fourth-order valence-electron chi connectivity index (χ4n) is 3.23. The predicted octanol–water partition coefficient (Wildman–Crippen LogP) is 2.09. The summed E-state index contributed by atoms with van der Waals surface area (Å²) in [5.41, 5.74) is 6.91. The lowest BCUT2D eigenvalue weighted by molar-refractivity contribution is -0.134. The van der Waals surface area contributed by atoms with Crippen LogP contribution in [0.25, 0.3) is 0 Å². The highest BCUT2D eigenvalue weighted by Gasteiger charge is 2.67. The number of carbonyl (C=O) groups is 1. The number of hydrogen-bond donors (Lipinski definition) is 1. The minimum absolute atomic E-state index is 0.113. The molecule has 3 rings (SSSR count). The number of nitrogens with two attached hydrogens (primary N) is 1. The van der Waals surface area contributed by atoms with E-state index >= 15 is 0 Å². The van der Waals surface area contributed by atoms with Crippen LogP contribution in [0.3, 0.4) is 0 Å². The van der Waals surface area contributed by atoms with E-state index in [1.165, 1.54) is 5.56 Å². The highest BCUT2D eigenvalue weighted by atomic mass is 16.2. The molecule has 0 aromatic heterocycles. The molecule has 1 spiro atoms. The van der Waals surface area contributed by atoms with Crippen molar-refractivity contribution < 1.29 is 4.79 Å². The summed E-state index contributed by atoms with van der Waals surface area (Å²) in [5.74, 6) is 0.254. The third-order valence-electron chi connectivity index (χ3n) is 4.76. The van der Waals surface area contributed by atoms with Gasteiger partial charge in [-0.3, -0.25) is 4.79 Å². The average Bonchev–Trinajstić information content (AvgIpc) is 3.14. The molecule has 1 aliphatic heterocycles. The van der Waals surface area contributed by atoms with Gasteiger partial charge in [-0.2, -0.15) is 0 Å². The maximum absolute atomic E-state index is 12.6. The molecule has 1 aromatic carbocycles. The third kappa shape index (κ3) is 1.43. The van der Waals surface area contributed by atoms with E-state index in [-0.39, 0.29) is 22.9 Å². The van der Waals surface area contributed by atoms with Gasteiger partial charge in [-0.15, -0.1) is 0 Å². The summed E-state index contributed by atoms with van der Waals surface area (Å²) >= 11 is 0. The molecule has 2 atom stereocenters. The lowest BCUT2D eigenvalue weighted by atomic mass is 9.87. The highest BCUT2D eigenvalue weighted by Crippen LogP contribution is 2.59. The van der Waals surface area contributed by atoms with Gasteiger partial charge in [0, 0.05) is 12.1 Å². The van der Waals surface area contributed by atoms with Crippen LogP contribution < -0.4 is 5.73 Å². The van der Waals surface area contributed by atoms with Crippen LogP contribution in [0.1, 0.15) is 38.3 Å². The first-order valence-electron chi connectivity index (χ1n) is 6.63. The smallest absolute Gasteiger partial charge is 0.231 e. The zero-order valence-electron chi connectivity index (χ0n) is 11.0. The SMILES string of the molecule is C[C@H](c1ccccc1)N1C[C@@](C)(N)C2(CC2)C1=O. The van der Waals surface area contributed by atoms with E-state index in [4.69, 9.17) is 5.73 Å². The quantitative estimate of drug-likeness (QED) is 0.866. The molecule has 1 aliphatic carbocycles. The number of likely N-dealkylation sites (tertiary alicyclic amines) is 1. The van der Waals surface area contributed by atoms with Crippen LogP contribution in [0.15, 0.2) is 30.3 Å². The summed E-state index contributed by atoms with van der Waals surface area (Å²) in [6.07, 6.45) is 1.91. The number of rotatable bonds is 2. The van der Waals surface area contributed by atoms with E-state index in [2.05, 4.69) is 19.1 Å². The van der Waals surface area contributed by atoms with E-state index in [0.29, 0.717) is 6.54 Å². The number of carbonyl (C=O) groups excluding carboxylic acids is 1. The molecule has 0 bridgehead atoms. The standard InChI is InChI=1S/C15H20N2O/c1-11(12-6-4-3-5-7-12)17-10-14(2,16)15(8-9-15)13(17)18/h3-7,11H,8-10,16H2,1-2H3/t11-,14-/m1/s1. The van der Waals surface area contributed by atoms with Crippen molar-refractivity contribution in [1.82, 2.24) is 4.90 Å². The molecule has 1 saturated carbocycles. The van der Waals surface area contributed by atoms with Crippen LogP contribution in [0.4, 0.5) is 0 Å². The predicted molar refractivity (Wildman–Crippen MR) is 70.8 cm³/mol. The number of hydrogen-bond acceptors (Lipinski definition) is 2. The van der Waals surface area contributed by atoms with E-state index < -0.39 is 0 Å².